The minimum atomic E-state index is -0.724. The molecule has 0 aliphatic carbocycles. The van der Waals surface area contributed by atoms with Crippen LogP contribution in [0.2, 0.25) is 9.36 Å². The van der Waals surface area contributed by atoms with Gasteiger partial charge in [0.05, 0.1) is 4.34 Å². The molecule has 0 saturated heterocycles. The highest BCUT2D eigenvalue weighted by Crippen LogP contribution is 2.34. The lowest BCUT2D eigenvalue weighted by Gasteiger charge is -2.10. The van der Waals surface area contributed by atoms with Gasteiger partial charge in [-0.05, 0) is 24.3 Å². The second-order valence-electron chi connectivity index (χ2n) is 3.21. The van der Waals surface area contributed by atoms with Gasteiger partial charge < -0.3 is 5.11 Å². The largest absolute Gasteiger partial charge is 0.383 e. The summed E-state index contributed by atoms with van der Waals surface area (Å²) in [6.07, 6.45) is -0.724. The summed E-state index contributed by atoms with van der Waals surface area (Å²) in [6, 6.07) is 8.97. The van der Waals surface area contributed by atoms with E-state index in [1.807, 2.05) is 6.07 Å². The van der Waals surface area contributed by atoms with Crippen molar-refractivity contribution in [1.29, 1.82) is 0 Å². The number of rotatable bonds is 2. The van der Waals surface area contributed by atoms with Crippen molar-refractivity contribution in [3.05, 3.63) is 54.6 Å². The fourth-order valence-electron chi connectivity index (χ4n) is 1.35. The number of hydrogen-bond acceptors (Lipinski definition) is 2. The molecule has 1 N–H and O–H groups in total. The molecule has 0 bridgehead atoms. The van der Waals surface area contributed by atoms with Crippen molar-refractivity contribution < 1.29 is 5.11 Å². The lowest BCUT2D eigenvalue weighted by atomic mass is 10.1. The van der Waals surface area contributed by atoms with E-state index in [0.29, 0.717) is 14.9 Å². The molecule has 1 aromatic heterocycles. The second-order valence-corrected chi connectivity index (χ2v) is 6.28. The van der Waals surface area contributed by atoms with Gasteiger partial charge in [-0.15, -0.1) is 11.3 Å². The van der Waals surface area contributed by atoms with Crippen molar-refractivity contribution >= 4 is 50.5 Å². The van der Waals surface area contributed by atoms with Gasteiger partial charge in [-0.2, -0.15) is 0 Å². The van der Waals surface area contributed by atoms with Crippen LogP contribution in [-0.2, 0) is 0 Å². The second kappa shape index (κ2) is 5.07. The van der Waals surface area contributed by atoms with E-state index in [4.69, 9.17) is 23.2 Å². The number of aliphatic hydroxyl groups is 1. The van der Waals surface area contributed by atoms with E-state index in [9.17, 15) is 5.11 Å². The summed E-state index contributed by atoms with van der Waals surface area (Å²) in [4.78, 5) is 0.786. The summed E-state index contributed by atoms with van der Waals surface area (Å²) in [5, 5.41) is 10.7. The third-order valence-electron chi connectivity index (χ3n) is 2.12. The molecule has 1 nitrogen and oxygen atoms in total. The Morgan fingerprint density at radius 2 is 1.94 bits per heavy atom. The zero-order chi connectivity index (χ0) is 11.7. The number of halogens is 3. The molecule has 1 heterocycles. The predicted octanol–water partition coefficient (Wildman–Crippen LogP) is 4.90. The first kappa shape index (κ1) is 12.4. The zero-order valence-corrected chi connectivity index (χ0v) is 11.9. The summed E-state index contributed by atoms with van der Waals surface area (Å²) in [6.45, 7) is 0. The minimum absolute atomic E-state index is 0.534. The van der Waals surface area contributed by atoms with Crippen molar-refractivity contribution in [3.63, 3.8) is 0 Å². The van der Waals surface area contributed by atoms with E-state index < -0.39 is 6.10 Å². The van der Waals surface area contributed by atoms with Crippen LogP contribution in [0.1, 0.15) is 16.5 Å². The summed E-state index contributed by atoms with van der Waals surface area (Å²) >= 11 is 16.6. The molecule has 84 valence electrons. The Balaban J connectivity index is 2.37. The molecule has 0 aliphatic heterocycles. The van der Waals surface area contributed by atoms with Crippen LogP contribution < -0.4 is 0 Å². The number of thiophene rings is 1. The summed E-state index contributed by atoms with van der Waals surface area (Å²) in [5.41, 5.74) is 0.684. The van der Waals surface area contributed by atoms with Gasteiger partial charge in [-0.25, -0.2) is 0 Å². The van der Waals surface area contributed by atoms with E-state index in [-0.39, 0.29) is 0 Å². The van der Waals surface area contributed by atoms with E-state index in [0.717, 1.165) is 9.35 Å². The Morgan fingerprint density at radius 3 is 2.50 bits per heavy atom. The van der Waals surface area contributed by atoms with Gasteiger partial charge in [0, 0.05) is 19.9 Å². The minimum Gasteiger partial charge on any atom is -0.383 e. The third-order valence-corrected chi connectivity index (χ3v) is 4.22. The fourth-order valence-corrected chi connectivity index (χ4v) is 3.19. The monoisotopic (exact) mass is 336 g/mol. The van der Waals surface area contributed by atoms with E-state index >= 15 is 0 Å². The lowest BCUT2D eigenvalue weighted by molar-refractivity contribution is 0.224. The predicted molar refractivity (Wildman–Crippen MR) is 72.5 cm³/mol. The van der Waals surface area contributed by atoms with E-state index in [2.05, 4.69) is 15.9 Å². The molecule has 0 radical (unpaired) electrons. The molecular weight excluding hydrogens is 331 g/mol. The van der Waals surface area contributed by atoms with Gasteiger partial charge in [0.2, 0.25) is 0 Å². The van der Waals surface area contributed by atoms with E-state index in [1.165, 1.54) is 11.3 Å². The zero-order valence-electron chi connectivity index (χ0n) is 7.95. The summed E-state index contributed by atoms with van der Waals surface area (Å²) in [7, 11) is 0. The smallest absolute Gasteiger partial charge is 0.115 e. The van der Waals surface area contributed by atoms with Crippen molar-refractivity contribution in [1.82, 2.24) is 0 Å². The van der Waals surface area contributed by atoms with Crippen LogP contribution in [0.3, 0.4) is 0 Å². The Kier molecular flexibility index (Phi) is 3.93. The molecule has 1 atom stereocenters. The average Bonchev–Trinajstić information content (AvgIpc) is 2.64. The molecule has 0 amide bonds. The van der Waals surface area contributed by atoms with Crippen LogP contribution >= 0.6 is 50.5 Å². The van der Waals surface area contributed by atoms with Crippen LogP contribution in [0.4, 0.5) is 0 Å². The van der Waals surface area contributed by atoms with Gasteiger partial charge in [0.15, 0.2) is 0 Å². The molecule has 0 fully saturated rings. The van der Waals surface area contributed by atoms with Crippen LogP contribution in [0, 0.1) is 0 Å². The quantitative estimate of drug-likeness (QED) is 0.826. The van der Waals surface area contributed by atoms with Crippen LogP contribution in [0.15, 0.2) is 34.8 Å². The average molecular weight is 338 g/mol. The fraction of sp³-hybridized carbons (Fsp3) is 0.0909. The molecule has 0 spiro atoms. The first-order valence-corrected chi connectivity index (χ1v) is 6.82. The molecule has 0 aliphatic rings. The van der Waals surface area contributed by atoms with Crippen LogP contribution in [0.5, 0.6) is 0 Å². The standard InChI is InChI=1S/C11H7BrCl2OS/c12-6-1-2-7(8(13)5-6)11(15)9-3-4-10(14)16-9/h1-5,11,15H. The first-order valence-electron chi connectivity index (χ1n) is 4.46. The van der Waals surface area contributed by atoms with Crippen molar-refractivity contribution in [2.45, 2.75) is 6.10 Å². The van der Waals surface area contributed by atoms with Crippen molar-refractivity contribution in [2.24, 2.45) is 0 Å². The van der Waals surface area contributed by atoms with Crippen molar-refractivity contribution in [3.8, 4) is 0 Å². The van der Waals surface area contributed by atoms with Crippen molar-refractivity contribution in [2.75, 3.05) is 0 Å². The van der Waals surface area contributed by atoms with Gasteiger partial charge in [-0.1, -0.05) is 45.2 Å². The van der Waals surface area contributed by atoms with E-state index in [1.54, 1.807) is 24.3 Å². The number of hydrogen-bond donors (Lipinski definition) is 1. The number of aliphatic hydroxyl groups excluding tert-OH is 1. The summed E-state index contributed by atoms with van der Waals surface area (Å²) < 4.78 is 1.54. The van der Waals surface area contributed by atoms with Crippen LogP contribution in [0.25, 0.3) is 0 Å². The molecule has 1 unspecified atom stereocenters. The SMILES string of the molecule is OC(c1ccc(Cl)s1)c1ccc(Br)cc1Cl. The normalized spacial score (nSPS) is 12.8. The third kappa shape index (κ3) is 2.60. The topological polar surface area (TPSA) is 20.2 Å². The molecule has 5 heteroatoms. The van der Waals surface area contributed by atoms with Gasteiger partial charge >= 0.3 is 0 Å². The highest BCUT2D eigenvalue weighted by molar-refractivity contribution is 9.10. The summed E-state index contributed by atoms with van der Waals surface area (Å²) in [5.74, 6) is 0. The molecular formula is C11H7BrCl2OS. The Morgan fingerprint density at radius 1 is 1.19 bits per heavy atom. The Hall–Kier alpha value is -0.0600. The molecule has 0 saturated carbocycles. The van der Waals surface area contributed by atoms with Gasteiger partial charge in [-0.3, -0.25) is 0 Å². The molecule has 2 aromatic rings. The maximum absolute atomic E-state index is 10.1. The maximum Gasteiger partial charge on any atom is 0.115 e. The maximum atomic E-state index is 10.1. The van der Waals surface area contributed by atoms with Crippen LogP contribution in [-0.4, -0.2) is 5.11 Å². The lowest BCUT2D eigenvalue weighted by Crippen LogP contribution is -1.97. The van der Waals surface area contributed by atoms with Gasteiger partial charge in [0.1, 0.15) is 6.10 Å². The molecule has 2 rings (SSSR count). The first-order chi connectivity index (χ1) is 7.58. The van der Waals surface area contributed by atoms with Gasteiger partial charge in [0.25, 0.3) is 0 Å². The Labute approximate surface area is 116 Å². The number of benzene rings is 1. The Bertz CT molecular complexity index is 512. The highest BCUT2D eigenvalue weighted by Gasteiger charge is 2.15. The molecule has 1 aromatic carbocycles. The highest BCUT2D eigenvalue weighted by atomic mass is 79.9. The molecule has 16 heavy (non-hydrogen) atoms.